The molecule has 4 heteroatoms. The third kappa shape index (κ3) is 5.12. The molecule has 2 rings (SSSR count). The van der Waals surface area contributed by atoms with Crippen LogP contribution in [0.5, 0.6) is 0 Å². The first-order valence-corrected chi connectivity index (χ1v) is 10.8. The van der Waals surface area contributed by atoms with Crippen LogP contribution >= 0.6 is 0 Å². The minimum Gasteiger partial charge on any atom is -0.438 e. The zero-order valence-electron chi connectivity index (χ0n) is 16.5. The van der Waals surface area contributed by atoms with Crippen LogP contribution in [0.4, 0.5) is 4.79 Å². The van der Waals surface area contributed by atoms with Crippen LogP contribution in [0, 0.1) is 0 Å². The molecule has 0 unspecified atom stereocenters. The highest BCUT2D eigenvalue weighted by Gasteiger charge is 2.61. The van der Waals surface area contributed by atoms with Crippen molar-refractivity contribution >= 4 is 6.09 Å². The Bertz CT molecular complexity index is 402. The van der Waals surface area contributed by atoms with Crippen LogP contribution < -0.4 is 0 Å². The molecule has 1 heterocycles. The molecule has 25 heavy (non-hydrogen) atoms. The topological polar surface area (TPSA) is 49.8 Å². The minimum absolute atomic E-state index is 0.317. The predicted octanol–water partition coefficient (Wildman–Crippen LogP) is 5.77. The number of carbonyl (C=O) groups is 1. The van der Waals surface area contributed by atoms with E-state index in [0.29, 0.717) is 6.54 Å². The number of nitrogens with zero attached hydrogens (tertiary/aromatic N) is 1. The van der Waals surface area contributed by atoms with Gasteiger partial charge in [0.1, 0.15) is 0 Å². The van der Waals surface area contributed by atoms with Crippen LogP contribution in [0.15, 0.2) is 0 Å². The fourth-order valence-corrected chi connectivity index (χ4v) is 4.51. The molecule has 1 saturated heterocycles. The Morgan fingerprint density at radius 1 is 0.920 bits per heavy atom. The summed E-state index contributed by atoms with van der Waals surface area (Å²) in [7, 11) is 0. The molecule has 2 aliphatic rings. The van der Waals surface area contributed by atoms with Crippen molar-refractivity contribution in [2.75, 3.05) is 6.54 Å². The number of ether oxygens (including phenoxy) is 1. The number of carbonyl (C=O) groups excluding carboxylic acids is 1. The summed E-state index contributed by atoms with van der Waals surface area (Å²) in [5.41, 5.74) is -1.81. The zero-order chi connectivity index (χ0) is 18.2. The van der Waals surface area contributed by atoms with Crippen molar-refractivity contribution in [2.24, 2.45) is 0 Å². The maximum atomic E-state index is 12.3. The largest absolute Gasteiger partial charge is 0.438 e. The molecular formula is C21H39NO3. The van der Waals surface area contributed by atoms with Gasteiger partial charge in [0.05, 0.1) is 0 Å². The normalized spacial score (nSPS) is 25.6. The quantitative estimate of drug-likeness (QED) is 0.480. The van der Waals surface area contributed by atoms with E-state index in [1.54, 1.807) is 11.8 Å². The van der Waals surface area contributed by atoms with Gasteiger partial charge in [-0.3, -0.25) is 4.90 Å². The lowest BCUT2D eigenvalue weighted by molar-refractivity contribution is -0.158. The van der Waals surface area contributed by atoms with Crippen LogP contribution in [0.1, 0.15) is 110 Å². The molecule has 1 N–H and O–H groups in total. The second kappa shape index (κ2) is 9.80. The summed E-state index contributed by atoms with van der Waals surface area (Å²) in [4.78, 5) is 13.9. The van der Waals surface area contributed by atoms with Gasteiger partial charge in [-0.2, -0.15) is 0 Å². The molecule has 1 atom stereocenters. The van der Waals surface area contributed by atoms with E-state index in [-0.39, 0.29) is 6.09 Å². The van der Waals surface area contributed by atoms with E-state index in [1.165, 1.54) is 57.8 Å². The van der Waals surface area contributed by atoms with E-state index in [4.69, 9.17) is 4.74 Å². The first kappa shape index (κ1) is 20.5. The number of aliphatic hydroxyl groups is 1. The summed E-state index contributed by atoms with van der Waals surface area (Å²) >= 11 is 0. The van der Waals surface area contributed by atoms with Crippen molar-refractivity contribution in [3.05, 3.63) is 0 Å². The Morgan fingerprint density at radius 3 is 2.00 bits per heavy atom. The zero-order valence-corrected chi connectivity index (χ0v) is 16.5. The third-order valence-electron chi connectivity index (χ3n) is 6.29. The Hall–Kier alpha value is -0.770. The molecule has 1 amide bonds. The van der Waals surface area contributed by atoms with Crippen LogP contribution in [0.2, 0.25) is 0 Å². The monoisotopic (exact) mass is 353 g/mol. The smallest absolute Gasteiger partial charge is 0.412 e. The molecular weight excluding hydrogens is 314 g/mol. The molecule has 2 fully saturated rings. The van der Waals surface area contributed by atoms with Crippen molar-refractivity contribution in [1.29, 1.82) is 0 Å². The molecule has 1 spiro atoms. The van der Waals surface area contributed by atoms with Crippen molar-refractivity contribution in [3.63, 3.8) is 0 Å². The van der Waals surface area contributed by atoms with Crippen molar-refractivity contribution in [2.45, 2.75) is 121 Å². The first-order chi connectivity index (χ1) is 12.0. The summed E-state index contributed by atoms with van der Waals surface area (Å²) in [5.74, 6) is 0. The highest BCUT2D eigenvalue weighted by Crippen LogP contribution is 2.46. The molecule has 0 radical (unpaired) electrons. The van der Waals surface area contributed by atoms with E-state index in [1.807, 2.05) is 0 Å². The lowest BCUT2D eigenvalue weighted by Gasteiger charge is -2.42. The van der Waals surface area contributed by atoms with Gasteiger partial charge >= 0.3 is 6.09 Å². The van der Waals surface area contributed by atoms with Gasteiger partial charge in [0.25, 0.3) is 0 Å². The van der Waals surface area contributed by atoms with Crippen molar-refractivity contribution in [1.82, 2.24) is 4.90 Å². The Balaban J connectivity index is 1.63. The van der Waals surface area contributed by atoms with Crippen molar-refractivity contribution < 1.29 is 14.6 Å². The van der Waals surface area contributed by atoms with E-state index in [9.17, 15) is 9.90 Å². The van der Waals surface area contributed by atoms with Crippen molar-refractivity contribution in [3.8, 4) is 0 Å². The second-order valence-corrected chi connectivity index (χ2v) is 8.28. The van der Waals surface area contributed by atoms with Gasteiger partial charge in [0, 0.05) is 6.54 Å². The fraction of sp³-hybridized carbons (Fsp3) is 0.952. The fourth-order valence-electron chi connectivity index (χ4n) is 4.51. The Labute approximate surface area is 154 Å². The van der Waals surface area contributed by atoms with E-state index >= 15 is 0 Å². The molecule has 0 aromatic rings. The number of hydrogen-bond acceptors (Lipinski definition) is 3. The predicted molar refractivity (Wildman–Crippen MR) is 101 cm³/mol. The van der Waals surface area contributed by atoms with Crippen LogP contribution in [-0.4, -0.2) is 34.0 Å². The summed E-state index contributed by atoms with van der Waals surface area (Å²) in [6, 6.07) is 0. The third-order valence-corrected chi connectivity index (χ3v) is 6.29. The van der Waals surface area contributed by atoms with E-state index < -0.39 is 11.3 Å². The van der Waals surface area contributed by atoms with Crippen LogP contribution in [0.25, 0.3) is 0 Å². The highest BCUT2D eigenvalue weighted by atomic mass is 16.6. The molecule has 146 valence electrons. The van der Waals surface area contributed by atoms with Gasteiger partial charge in [0.15, 0.2) is 11.3 Å². The summed E-state index contributed by atoms with van der Waals surface area (Å²) in [6.45, 7) is 4.65. The van der Waals surface area contributed by atoms with E-state index in [2.05, 4.69) is 6.92 Å². The molecule has 0 bridgehead atoms. The van der Waals surface area contributed by atoms with Gasteiger partial charge in [-0.25, -0.2) is 4.79 Å². The molecule has 0 aromatic heterocycles. The SMILES string of the molecule is CCCCCCCCCCCCN1C(=O)OC2(CCCCC2)[C@@]1(C)O. The number of unbranched alkanes of at least 4 members (excludes halogenated alkanes) is 9. The summed E-state index contributed by atoms with van der Waals surface area (Å²) in [6.07, 6.45) is 17.2. The van der Waals surface area contributed by atoms with Gasteiger partial charge in [-0.15, -0.1) is 0 Å². The molecule has 1 aliphatic heterocycles. The maximum absolute atomic E-state index is 12.3. The van der Waals surface area contributed by atoms with E-state index in [0.717, 1.165) is 38.5 Å². The molecule has 4 nitrogen and oxygen atoms in total. The first-order valence-electron chi connectivity index (χ1n) is 10.8. The minimum atomic E-state index is -1.15. The number of rotatable bonds is 11. The summed E-state index contributed by atoms with van der Waals surface area (Å²) in [5, 5.41) is 11.0. The Morgan fingerprint density at radius 2 is 1.44 bits per heavy atom. The molecule has 1 aliphatic carbocycles. The van der Waals surface area contributed by atoms with Crippen LogP contribution in [-0.2, 0) is 4.74 Å². The number of hydrogen-bond donors (Lipinski definition) is 1. The van der Waals surface area contributed by atoms with Gasteiger partial charge < -0.3 is 9.84 Å². The lowest BCUT2D eigenvalue weighted by Crippen LogP contribution is -2.57. The summed E-state index contributed by atoms with van der Waals surface area (Å²) < 4.78 is 5.70. The van der Waals surface area contributed by atoms with Gasteiger partial charge in [0.2, 0.25) is 0 Å². The standard InChI is InChI=1S/C21H39NO3/c1-3-4-5-6-7-8-9-10-11-15-18-22-19(23)25-21(20(22,2)24)16-13-12-14-17-21/h24H,3-18H2,1-2H3/t20-/m1/s1. The highest BCUT2D eigenvalue weighted by molar-refractivity contribution is 5.72. The van der Waals surface area contributed by atoms with Gasteiger partial charge in [-0.1, -0.05) is 71.1 Å². The Kier molecular flexibility index (Phi) is 8.05. The average molecular weight is 354 g/mol. The second-order valence-electron chi connectivity index (χ2n) is 8.28. The lowest BCUT2D eigenvalue weighted by atomic mass is 9.77. The average Bonchev–Trinajstić information content (AvgIpc) is 2.76. The van der Waals surface area contributed by atoms with Crippen LogP contribution in [0.3, 0.4) is 0 Å². The maximum Gasteiger partial charge on any atom is 0.412 e. The van der Waals surface area contributed by atoms with Gasteiger partial charge in [-0.05, 0) is 39.0 Å². The molecule has 0 aromatic carbocycles. The number of amides is 1. The molecule has 1 saturated carbocycles.